The maximum Gasteiger partial charge on any atom is 1.00 e. The van der Waals surface area contributed by atoms with Gasteiger partial charge in [-0.2, -0.15) is 0 Å². The molecule has 0 aliphatic heterocycles. The molecule has 0 heterocycles. The van der Waals surface area contributed by atoms with E-state index in [0.717, 1.165) is 0 Å². The molecule has 0 unspecified atom stereocenters. The van der Waals surface area contributed by atoms with E-state index in [-0.39, 0.29) is 17.1 Å². The van der Waals surface area contributed by atoms with Gasteiger partial charge in [0.15, 0.2) is 0 Å². The second-order valence-electron chi connectivity index (χ2n) is 2.10. The summed E-state index contributed by atoms with van der Waals surface area (Å²) < 4.78 is 0. The van der Waals surface area contributed by atoms with Crippen molar-refractivity contribution in [2.75, 3.05) is 0 Å². The SMILES string of the molecule is C1=CCCC=CCC1.[Cu+]. The summed E-state index contributed by atoms with van der Waals surface area (Å²) in [6, 6.07) is 0. The first-order valence-corrected chi connectivity index (χ1v) is 3.30. The van der Waals surface area contributed by atoms with Crippen LogP contribution in [0.5, 0.6) is 0 Å². The molecule has 0 aromatic carbocycles. The molecule has 1 aliphatic carbocycles. The van der Waals surface area contributed by atoms with Crippen LogP contribution in [-0.4, -0.2) is 0 Å². The monoisotopic (exact) mass is 171 g/mol. The van der Waals surface area contributed by atoms with Crippen LogP contribution in [0.2, 0.25) is 0 Å². The molecule has 9 heavy (non-hydrogen) atoms. The van der Waals surface area contributed by atoms with E-state index in [1.165, 1.54) is 25.7 Å². The van der Waals surface area contributed by atoms with Crippen molar-refractivity contribution in [2.24, 2.45) is 0 Å². The van der Waals surface area contributed by atoms with Gasteiger partial charge in [0.25, 0.3) is 0 Å². The molecule has 0 amide bonds. The predicted molar refractivity (Wildman–Crippen MR) is 36.7 cm³/mol. The topological polar surface area (TPSA) is 0 Å². The Morgan fingerprint density at radius 3 is 1.00 bits per heavy atom. The molecule has 1 rings (SSSR count). The maximum absolute atomic E-state index is 2.27. The molecule has 0 aromatic rings. The molecular weight excluding hydrogens is 160 g/mol. The zero-order valence-corrected chi connectivity index (χ0v) is 6.38. The minimum atomic E-state index is 0. The zero-order chi connectivity index (χ0) is 5.66. The zero-order valence-electron chi connectivity index (χ0n) is 5.44. The normalized spacial score (nSPS) is 17.8. The Hall–Kier alpha value is -0.000519. The Bertz CT molecular complexity index is 77.1. The van der Waals surface area contributed by atoms with E-state index < -0.39 is 0 Å². The first-order valence-electron chi connectivity index (χ1n) is 3.30. The fourth-order valence-corrected chi connectivity index (χ4v) is 0.856. The predicted octanol–water partition coefficient (Wildman–Crippen LogP) is 2.67. The summed E-state index contributed by atoms with van der Waals surface area (Å²) in [5.74, 6) is 0. The molecule has 0 bridgehead atoms. The van der Waals surface area contributed by atoms with E-state index in [4.69, 9.17) is 0 Å². The quantitative estimate of drug-likeness (QED) is 0.389. The Kier molecular flexibility index (Phi) is 6.12. The molecule has 0 aromatic heterocycles. The number of allylic oxidation sites excluding steroid dienone is 4. The van der Waals surface area contributed by atoms with Crippen molar-refractivity contribution in [2.45, 2.75) is 25.7 Å². The molecule has 1 aliphatic rings. The standard InChI is InChI=1S/C8H12.Cu/c1-2-4-6-8-7-5-3-1;/h1-2,7-8H,3-6H2;/q;+1. The molecule has 0 spiro atoms. The van der Waals surface area contributed by atoms with Gasteiger partial charge in [-0.25, -0.2) is 0 Å². The van der Waals surface area contributed by atoms with Gasteiger partial charge < -0.3 is 0 Å². The van der Waals surface area contributed by atoms with E-state index >= 15 is 0 Å². The van der Waals surface area contributed by atoms with Crippen molar-refractivity contribution in [3.63, 3.8) is 0 Å². The van der Waals surface area contributed by atoms with Gasteiger partial charge in [0, 0.05) is 0 Å². The fraction of sp³-hybridized carbons (Fsp3) is 0.500. The maximum atomic E-state index is 2.27. The van der Waals surface area contributed by atoms with Crippen molar-refractivity contribution in [1.82, 2.24) is 0 Å². The summed E-state index contributed by atoms with van der Waals surface area (Å²) in [7, 11) is 0. The van der Waals surface area contributed by atoms with Gasteiger partial charge >= 0.3 is 17.1 Å². The first-order chi connectivity index (χ1) is 4.00. The minimum absolute atomic E-state index is 0. The van der Waals surface area contributed by atoms with Crippen molar-refractivity contribution < 1.29 is 17.1 Å². The summed E-state index contributed by atoms with van der Waals surface area (Å²) in [5, 5.41) is 0. The second kappa shape index (κ2) is 6.12. The van der Waals surface area contributed by atoms with Crippen molar-refractivity contribution in [1.29, 1.82) is 0 Å². The summed E-state index contributed by atoms with van der Waals surface area (Å²) in [5.41, 5.74) is 0. The van der Waals surface area contributed by atoms with Gasteiger partial charge in [-0.05, 0) is 25.7 Å². The van der Waals surface area contributed by atoms with Gasteiger partial charge in [0.2, 0.25) is 0 Å². The van der Waals surface area contributed by atoms with Crippen molar-refractivity contribution in [3.05, 3.63) is 24.3 Å². The molecule has 0 fully saturated rings. The Balaban J connectivity index is 0.000000640. The smallest absolute Gasteiger partial charge is 0.0882 e. The molecule has 0 saturated heterocycles. The molecule has 0 radical (unpaired) electrons. The van der Waals surface area contributed by atoms with Crippen molar-refractivity contribution in [3.8, 4) is 0 Å². The van der Waals surface area contributed by atoms with Crippen LogP contribution in [0.15, 0.2) is 24.3 Å². The summed E-state index contributed by atoms with van der Waals surface area (Å²) in [6.45, 7) is 0. The number of rotatable bonds is 0. The van der Waals surface area contributed by atoms with Crippen molar-refractivity contribution >= 4 is 0 Å². The van der Waals surface area contributed by atoms with Gasteiger partial charge in [-0.15, -0.1) is 0 Å². The molecule has 0 saturated carbocycles. The molecule has 0 N–H and O–H groups in total. The fourth-order valence-electron chi connectivity index (χ4n) is 0.856. The number of hydrogen-bond acceptors (Lipinski definition) is 0. The van der Waals surface area contributed by atoms with Gasteiger partial charge in [-0.1, -0.05) is 24.3 Å². The molecule has 54 valence electrons. The van der Waals surface area contributed by atoms with Gasteiger partial charge in [0.1, 0.15) is 0 Å². The summed E-state index contributed by atoms with van der Waals surface area (Å²) in [4.78, 5) is 0. The van der Waals surface area contributed by atoms with Crippen LogP contribution >= 0.6 is 0 Å². The third-order valence-corrected chi connectivity index (χ3v) is 1.33. The van der Waals surface area contributed by atoms with E-state index in [2.05, 4.69) is 24.3 Å². The largest absolute Gasteiger partial charge is 1.00 e. The van der Waals surface area contributed by atoms with E-state index in [1.54, 1.807) is 0 Å². The minimum Gasteiger partial charge on any atom is -0.0882 e. The van der Waals surface area contributed by atoms with Crippen LogP contribution in [0.4, 0.5) is 0 Å². The van der Waals surface area contributed by atoms with E-state index in [0.29, 0.717) is 0 Å². The van der Waals surface area contributed by atoms with Crippen LogP contribution in [-0.2, 0) is 17.1 Å². The third-order valence-electron chi connectivity index (χ3n) is 1.33. The average Bonchev–Trinajstić information content (AvgIpc) is 1.62. The molecule has 0 atom stereocenters. The molecule has 0 nitrogen and oxygen atoms in total. The van der Waals surface area contributed by atoms with Gasteiger partial charge in [0.05, 0.1) is 0 Å². The second-order valence-corrected chi connectivity index (χ2v) is 2.10. The van der Waals surface area contributed by atoms with Crippen LogP contribution in [0.3, 0.4) is 0 Å². The van der Waals surface area contributed by atoms with E-state index in [9.17, 15) is 0 Å². The van der Waals surface area contributed by atoms with Gasteiger partial charge in [-0.3, -0.25) is 0 Å². The van der Waals surface area contributed by atoms with Crippen LogP contribution in [0.1, 0.15) is 25.7 Å². The molecule has 1 heteroatoms. The van der Waals surface area contributed by atoms with Crippen LogP contribution < -0.4 is 0 Å². The Labute approximate surface area is 67.5 Å². The van der Waals surface area contributed by atoms with Crippen LogP contribution in [0, 0.1) is 0 Å². The Morgan fingerprint density at radius 2 is 0.778 bits per heavy atom. The van der Waals surface area contributed by atoms with E-state index in [1.807, 2.05) is 0 Å². The summed E-state index contributed by atoms with van der Waals surface area (Å²) in [6.07, 6.45) is 14.0. The average molecular weight is 172 g/mol. The summed E-state index contributed by atoms with van der Waals surface area (Å²) >= 11 is 0. The molecular formula is C8H12Cu+. The first kappa shape index (κ1) is 9.00. The van der Waals surface area contributed by atoms with Crippen LogP contribution in [0.25, 0.3) is 0 Å². The number of hydrogen-bond donors (Lipinski definition) is 0. The third kappa shape index (κ3) is 4.50. The Morgan fingerprint density at radius 1 is 0.556 bits per heavy atom.